The number of hydrogen-bond donors (Lipinski definition) is 1. The molecule has 1 aromatic rings. The predicted octanol–water partition coefficient (Wildman–Crippen LogP) is 2.30. The maximum absolute atomic E-state index is 13.5. The molecule has 3 heteroatoms. The SMILES string of the molecule is Cc1ccc(CN2CC(CN)CC2C)cc1F. The van der Waals surface area contributed by atoms with Crippen LogP contribution in [0.1, 0.15) is 24.5 Å². The van der Waals surface area contributed by atoms with Crippen molar-refractivity contribution < 1.29 is 4.39 Å². The molecule has 0 amide bonds. The second-order valence-corrected chi connectivity index (χ2v) is 5.20. The lowest BCUT2D eigenvalue weighted by Gasteiger charge is -2.21. The molecule has 1 aliphatic rings. The van der Waals surface area contributed by atoms with Crippen LogP contribution >= 0.6 is 0 Å². The zero-order valence-electron chi connectivity index (χ0n) is 10.6. The number of nitrogens with two attached hydrogens (primary N) is 1. The second kappa shape index (κ2) is 5.15. The Bertz CT molecular complexity index is 392. The molecule has 0 aliphatic carbocycles. The smallest absolute Gasteiger partial charge is 0.126 e. The van der Waals surface area contributed by atoms with Crippen molar-refractivity contribution in [3.05, 3.63) is 35.1 Å². The number of nitrogens with zero attached hydrogens (tertiary/aromatic N) is 1. The Kier molecular flexibility index (Phi) is 3.79. The topological polar surface area (TPSA) is 29.3 Å². The van der Waals surface area contributed by atoms with Gasteiger partial charge in [0.2, 0.25) is 0 Å². The Morgan fingerprint density at radius 3 is 2.82 bits per heavy atom. The summed E-state index contributed by atoms with van der Waals surface area (Å²) in [7, 11) is 0. The van der Waals surface area contributed by atoms with Crippen LogP contribution in [0.2, 0.25) is 0 Å². The molecule has 1 saturated heterocycles. The zero-order chi connectivity index (χ0) is 12.4. The van der Waals surface area contributed by atoms with E-state index in [1.54, 1.807) is 13.0 Å². The Morgan fingerprint density at radius 2 is 2.24 bits per heavy atom. The van der Waals surface area contributed by atoms with Gasteiger partial charge in [-0.1, -0.05) is 12.1 Å². The van der Waals surface area contributed by atoms with Gasteiger partial charge in [-0.25, -0.2) is 4.39 Å². The molecule has 17 heavy (non-hydrogen) atoms. The summed E-state index contributed by atoms with van der Waals surface area (Å²) in [5.74, 6) is 0.491. The Balaban J connectivity index is 2.03. The van der Waals surface area contributed by atoms with Gasteiger partial charge in [-0.15, -0.1) is 0 Å². The number of rotatable bonds is 3. The van der Waals surface area contributed by atoms with Crippen LogP contribution in [0.25, 0.3) is 0 Å². The third-order valence-corrected chi connectivity index (χ3v) is 3.75. The van der Waals surface area contributed by atoms with E-state index in [4.69, 9.17) is 5.73 Å². The van der Waals surface area contributed by atoms with Crippen molar-refractivity contribution in [3.8, 4) is 0 Å². The highest BCUT2D eigenvalue weighted by atomic mass is 19.1. The summed E-state index contributed by atoms with van der Waals surface area (Å²) in [5.41, 5.74) is 7.47. The van der Waals surface area contributed by atoms with Crippen LogP contribution in [0.15, 0.2) is 18.2 Å². The van der Waals surface area contributed by atoms with Gasteiger partial charge in [-0.05, 0) is 49.9 Å². The van der Waals surface area contributed by atoms with E-state index >= 15 is 0 Å². The van der Waals surface area contributed by atoms with E-state index in [9.17, 15) is 4.39 Å². The van der Waals surface area contributed by atoms with Crippen molar-refractivity contribution in [2.75, 3.05) is 13.1 Å². The lowest BCUT2D eigenvalue weighted by atomic mass is 10.1. The van der Waals surface area contributed by atoms with E-state index in [1.807, 2.05) is 12.1 Å². The summed E-state index contributed by atoms with van der Waals surface area (Å²) in [6.07, 6.45) is 1.16. The van der Waals surface area contributed by atoms with E-state index in [1.165, 1.54) is 0 Å². The fourth-order valence-corrected chi connectivity index (χ4v) is 2.58. The molecule has 0 saturated carbocycles. The minimum absolute atomic E-state index is 0.107. The molecule has 0 radical (unpaired) electrons. The van der Waals surface area contributed by atoms with Crippen LogP contribution in [0.5, 0.6) is 0 Å². The first-order valence-electron chi connectivity index (χ1n) is 6.29. The van der Waals surface area contributed by atoms with E-state index in [0.717, 1.165) is 31.6 Å². The summed E-state index contributed by atoms with van der Waals surface area (Å²) >= 11 is 0. The fourth-order valence-electron chi connectivity index (χ4n) is 2.58. The second-order valence-electron chi connectivity index (χ2n) is 5.20. The molecule has 1 aliphatic heterocycles. The summed E-state index contributed by atoms with van der Waals surface area (Å²) in [6, 6.07) is 6.07. The Morgan fingerprint density at radius 1 is 1.47 bits per heavy atom. The molecule has 2 N–H and O–H groups in total. The minimum Gasteiger partial charge on any atom is -0.330 e. The van der Waals surface area contributed by atoms with Gasteiger partial charge in [0.25, 0.3) is 0 Å². The van der Waals surface area contributed by atoms with Gasteiger partial charge >= 0.3 is 0 Å². The van der Waals surface area contributed by atoms with Crippen molar-refractivity contribution in [1.82, 2.24) is 4.90 Å². The zero-order valence-corrected chi connectivity index (χ0v) is 10.6. The summed E-state index contributed by atoms with van der Waals surface area (Å²) < 4.78 is 13.5. The van der Waals surface area contributed by atoms with Crippen molar-refractivity contribution in [2.45, 2.75) is 32.9 Å². The molecule has 2 nitrogen and oxygen atoms in total. The van der Waals surface area contributed by atoms with Gasteiger partial charge in [-0.3, -0.25) is 4.90 Å². The highest BCUT2D eigenvalue weighted by Gasteiger charge is 2.27. The molecule has 0 aromatic heterocycles. The molecule has 0 spiro atoms. The molecular formula is C14H21FN2. The highest BCUT2D eigenvalue weighted by Crippen LogP contribution is 2.24. The van der Waals surface area contributed by atoms with Crippen molar-refractivity contribution in [3.63, 3.8) is 0 Å². The summed E-state index contributed by atoms with van der Waals surface area (Å²) in [5, 5.41) is 0. The van der Waals surface area contributed by atoms with Crippen LogP contribution in [-0.2, 0) is 6.54 Å². The number of benzene rings is 1. The van der Waals surface area contributed by atoms with Gasteiger partial charge < -0.3 is 5.73 Å². The van der Waals surface area contributed by atoms with E-state index in [2.05, 4.69) is 11.8 Å². The van der Waals surface area contributed by atoms with E-state index in [0.29, 0.717) is 17.5 Å². The lowest BCUT2D eigenvalue weighted by Crippen LogP contribution is -2.27. The van der Waals surface area contributed by atoms with E-state index in [-0.39, 0.29) is 5.82 Å². The molecule has 94 valence electrons. The van der Waals surface area contributed by atoms with Gasteiger partial charge in [0.15, 0.2) is 0 Å². The molecule has 1 fully saturated rings. The average molecular weight is 236 g/mol. The summed E-state index contributed by atoms with van der Waals surface area (Å²) in [4.78, 5) is 2.39. The first-order chi connectivity index (χ1) is 8.10. The Hall–Kier alpha value is -0.930. The third-order valence-electron chi connectivity index (χ3n) is 3.75. The number of aryl methyl sites for hydroxylation is 1. The molecule has 2 unspecified atom stereocenters. The largest absolute Gasteiger partial charge is 0.330 e. The van der Waals surface area contributed by atoms with Gasteiger partial charge in [-0.2, -0.15) is 0 Å². The van der Waals surface area contributed by atoms with Gasteiger partial charge in [0.05, 0.1) is 0 Å². The van der Waals surface area contributed by atoms with Gasteiger partial charge in [0.1, 0.15) is 5.82 Å². The maximum Gasteiger partial charge on any atom is 0.126 e. The predicted molar refractivity (Wildman–Crippen MR) is 68.2 cm³/mol. The number of hydrogen-bond acceptors (Lipinski definition) is 2. The molecule has 2 atom stereocenters. The lowest BCUT2D eigenvalue weighted by molar-refractivity contribution is 0.255. The highest BCUT2D eigenvalue weighted by molar-refractivity contribution is 5.23. The third kappa shape index (κ3) is 2.85. The average Bonchev–Trinajstić information content (AvgIpc) is 2.65. The maximum atomic E-state index is 13.5. The standard InChI is InChI=1S/C14H21FN2/c1-10-3-4-12(6-14(10)15)8-17-9-13(7-16)5-11(17)2/h3-4,6,11,13H,5,7-9,16H2,1-2H3. The normalized spacial score (nSPS) is 25.4. The van der Waals surface area contributed by atoms with E-state index < -0.39 is 0 Å². The van der Waals surface area contributed by atoms with Crippen molar-refractivity contribution in [1.29, 1.82) is 0 Å². The first-order valence-corrected chi connectivity index (χ1v) is 6.29. The van der Waals surface area contributed by atoms with Crippen LogP contribution in [-0.4, -0.2) is 24.0 Å². The minimum atomic E-state index is -0.107. The number of halogens is 1. The van der Waals surface area contributed by atoms with Crippen LogP contribution < -0.4 is 5.73 Å². The van der Waals surface area contributed by atoms with Crippen molar-refractivity contribution in [2.24, 2.45) is 11.7 Å². The van der Waals surface area contributed by atoms with Crippen LogP contribution in [0.4, 0.5) is 4.39 Å². The van der Waals surface area contributed by atoms with Gasteiger partial charge in [0, 0.05) is 19.1 Å². The van der Waals surface area contributed by atoms with Crippen LogP contribution in [0, 0.1) is 18.7 Å². The molecular weight excluding hydrogens is 215 g/mol. The number of likely N-dealkylation sites (tertiary alicyclic amines) is 1. The molecule has 1 aromatic carbocycles. The first kappa shape index (κ1) is 12.5. The van der Waals surface area contributed by atoms with Crippen molar-refractivity contribution >= 4 is 0 Å². The molecule has 1 heterocycles. The Labute approximate surface area is 103 Å². The molecule has 2 rings (SSSR count). The quantitative estimate of drug-likeness (QED) is 0.872. The monoisotopic (exact) mass is 236 g/mol. The summed E-state index contributed by atoms with van der Waals surface area (Å²) in [6.45, 7) is 6.63. The fraction of sp³-hybridized carbons (Fsp3) is 0.571. The van der Waals surface area contributed by atoms with Crippen LogP contribution in [0.3, 0.4) is 0 Å². The molecule has 0 bridgehead atoms.